The Bertz CT molecular complexity index is 794. The second-order valence-corrected chi connectivity index (χ2v) is 8.13. The SMILES string of the molecule is CC(C)c1ccc(C(=O)NC(=S)Nc2ccc(CN3CCCCC3)cc2)cc1. The zero-order chi connectivity index (χ0) is 19.9. The minimum Gasteiger partial charge on any atom is -0.332 e. The molecule has 2 N–H and O–H groups in total. The van der Waals surface area contributed by atoms with Crippen LogP contribution in [0, 0.1) is 0 Å². The highest BCUT2D eigenvalue weighted by molar-refractivity contribution is 7.80. The fourth-order valence-electron chi connectivity index (χ4n) is 3.43. The lowest BCUT2D eigenvalue weighted by molar-refractivity contribution is 0.0977. The van der Waals surface area contributed by atoms with E-state index in [9.17, 15) is 4.79 Å². The smallest absolute Gasteiger partial charge is 0.257 e. The molecule has 5 heteroatoms. The lowest BCUT2D eigenvalue weighted by Gasteiger charge is -2.26. The summed E-state index contributed by atoms with van der Waals surface area (Å²) in [4.78, 5) is 14.9. The molecule has 3 rings (SSSR count). The van der Waals surface area contributed by atoms with E-state index < -0.39 is 0 Å². The molecule has 1 aliphatic heterocycles. The molecule has 2 aromatic rings. The molecule has 4 nitrogen and oxygen atoms in total. The van der Waals surface area contributed by atoms with Gasteiger partial charge in [-0.05, 0) is 79.5 Å². The van der Waals surface area contributed by atoms with Crippen molar-refractivity contribution < 1.29 is 4.79 Å². The lowest BCUT2D eigenvalue weighted by atomic mass is 10.0. The fourth-order valence-corrected chi connectivity index (χ4v) is 3.64. The molecule has 0 radical (unpaired) electrons. The van der Waals surface area contributed by atoms with E-state index >= 15 is 0 Å². The largest absolute Gasteiger partial charge is 0.332 e. The van der Waals surface area contributed by atoms with Gasteiger partial charge in [0.05, 0.1) is 0 Å². The van der Waals surface area contributed by atoms with Crippen LogP contribution in [0.15, 0.2) is 48.5 Å². The van der Waals surface area contributed by atoms with Gasteiger partial charge in [-0.1, -0.05) is 44.5 Å². The van der Waals surface area contributed by atoms with Crippen molar-refractivity contribution in [2.75, 3.05) is 18.4 Å². The number of benzene rings is 2. The van der Waals surface area contributed by atoms with E-state index in [2.05, 4.69) is 41.5 Å². The van der Waals surface area contributed by atoms with Gasteiger partial charge in [-0.15, -0.1) is 0 Å². The Hall–Kier alpha value is -2.24. The molecule has 1 aliphatic rings. The number of nitrogens with one attached hydrogen (secondary N) is 2. The van der Waals surface area contributed by atoms with Crippen molar-refractivity contribution in [1.29, 1.82) is 0 Å². The number of hydrogen-bond donors (Lipinski definition) is 2. The maximum Gasteiger partial charge on any atom is 0.257 e. The highest BCUT2D eigenvalue weighted by Crippen LogP contribution is 2.16. The van der Waals surface area contributed by atoms with Crippen LogP contribution in [0.5, 0.6) is 0 Å². The van der Waals surface area contributed by atoms with Crippen LogP contribution in [-0.2, 0) is 6.54 Å². The van der Waals surface area contributed by atoms with E-state index in [4.69, 9.17) is 12.2 Å². The van der Waals surface area contributed by atoms with Crippen molar-refractivity contribution in [2.24, 2.45) is 0 Å². The maximum atomic E-state index is 12.4. The lowest BCUT2D eigenvalue weighted by Crippen LogP contribution is -2.34. The third-order valence-electron chi connectivity index (χ3n) is 5.13. The van der Waals surface area contributed by atoms with Crippen LogP contribution in [0.3, 0.4) is 0 Å². The Balaban J connectivity index is 1.50. The van der Waals surface area contributed by atoms with E-state index in [-0.39, 0.29) is 5.91 Å². The van der Waals surface area contributed by atoms with Crippen molar-refractivity contribution in [1.82, 2.24) is 10.2 Å². The normalized spacial score (nSPS) is 14.7. The molecule has 1 amide bonds. The number of rotatable bonds is 5. The zero-order valence-electron chi connectivity index (χ0n) is 16.7. The number of nitrogens with zero attached hydrogens (tertiary/aromatic N) is 1. The van der Waals surface area contributed by atoms with Crippen molar-refractivity contribution in [3.63, 3.8) is 0 Å². The quantitative estimate of drug-likeness (QED) is 0.705. The summed E-state index contributed by atoms with van der Waals surface area (Å²) in [7, 11) is 0. The standard InChI is InChI=1S/C23H29N3OS/c1-17(2)19-8-10-20(11-9-19)22(27)25-23(28)24-21-12-6-18(7-13-21)16-26-14-4-3-5-15-26/h6-13,17H,3-5,14-16H2,1-2H3,(H2,24,25,27,28). The predicted octanol–water partition coefficient (Wildman–Crippen LogP) is 4.92. The first-order valence-electron chi connectivity index (χ1n) is 10.0. The van der Waals surface area contributed by atoms with Crippen molar-refractivity contribution in [3.8, 4) is 0 Å². The van der Waals surface area contributed by atoms with Gasteiger partial charge in [0.15, 0.2) is 5.11 Å². The van der Waals surface area contributed by atoms with E-state index in [1.807, 2.05) is 36.4 Å². The van der Waals surface area contributed by atoms with Gasteiger partial charge in [0.25, 0.3) is 5.91 Å². The minimum absolute atomic E-state index is 0.200. The van der Waals surface area contributed by atoms with Gasteiger partial charge in [-0.3, -0.25) is 15.0 Å². The second-order valence-electron chi connectivity index (χ2n) is 7.72. The number of thiocarbonyl (C=S) groups is 1. The summed E-state index contributed by atoms with van der Waals surface area (Å²) >= 11 is 5.29. The molecule has 0 saturated carbocycles. The van der Waals surface area contributed by atoms with Crippen molar-refractivity contribution in [3.05, 3.63) is 65.2 Å². The van der Waals surface area contributed by atoms with Gasteiger partial charge in [-0.2, -0.15) is 0 Å². The molecule has 148 valence electrons. The average molecular weight is 396 g/mol. The molecule has 2 aromatic carbocycles. The highest BCUT2D eigenvalue weighted by atomic mass is 32.1. The third-order valence-corrected chi connectivity index (χ3v) is 5.34. The Morgan fingerprint density at radius 1 is 1.00 bits per heavy atom. The minimum atomic E-state index is -0.200. The molecule has 0 spiro atoms. The summed E-state index contributed by atoms with van der Waals surface area (Å²) in [5.74, 6) is 0.243. The molecule has 0 aromatic heterocycles. The average Bonchev–Trinajstić information content (AvgIpc) is 2.70. The predicted molar refractivity (Wildman–Crippen MR) is 120 cm³/mol. The summed E-state index contributed by atoms with van der Waals surface area (Å²) in [5.41, 5.74) is 3.99. The molecule has 0 atom stereocenters. The van der Waals surface area contributed by atoms with E-state index in [0.717, 1.165) is 12.2 Å². The van der Waals surface area contributed by atoms with Crippen LogP contribution in [-0.4, -0.2) is 29.0 Å². The summed E-state index contributed by atoms with van der Waals surface area (Å²) in [6.07, 6.45) is 3.95. The van der Waals surface area contributed by atoms with Crippen LogP contribution in [0.25, 0.3) is 0 Å². The molecule has 0 unspecified atom stereocenters. The second kappa shape index (κ2) is 9.80. The van der Waals surface area contributed by atoms with Crippen molar-refractivity contribution >= 4 is 28.9 Å². The molecule has 0 aliphatic carbocycles. The van der Waals surface area contributed by atoms with Gasteiger partial charge < -0.3 is 5.32 Å². The van der Waals surface area contributed by atoms with E-state index in [0.29, 0.717) is 16.6 Å². The van der Waals surface area contributed by atoms with Crippen LogP contribution in [0.2, 0.25) is 0 Å². The molecular weight excluding hydrogens is 366 g/mol. The van der Waals surface area contributed by atoms with Gasteiger partial charge in [0.2, 0.25) is 0 Å². The third kappa shape index (κ3) is 5.88. The molecule has 0 bridgehead atoms. The first kappa shape index (κ1) is 20.5. The number of anilines is 1. The van der Waals surface area contributed by atoms with Crippen LogP contribution >= 0.6 is 12.2 Å². The van der Waals surface area contributed by atoms with E-state index in [1.54, 1.807) is 0 Å². The molecule has 1 saturated heterocycles. The molecule has 1 fully saturated rings. The summed E-state index contributed by atoms with van der Waals surface area (Å²) in [6.45, 7) is 7.63. The monoisotopic (exact) mass is 395 g/mol. The molecular formula is C23H29N3OS. The highest BCUT2D eigenvalue weighted by Gasteiger charge is 2.11. The number of hydrogen-bond acceptors (Lipinski definition) is 3. The van der Waals surface area contributed by atoms with Crippen LogP contribution < -0.4 is 10.6 Å². The Labute approximate surface area is 173 Å². The number of carbonyl (C=O) groups excluding carboxylic acids is 1. The molecule has 28 heavy (non-hydrogen) atoms. The summed E-state index contributed by atoms with van der Waals surface area (Å²) in [6, 6.07) is 15.9. The first-order chi connectivity index (χ1) is 13.5. The first-order valence-corrected chi connectivity index (χ1v) is 10.5. The van der Waals surface area contributed by atoms with Crippen LogP contribution in [0.4, 0.5) is 5.69 Å². The van der Waals surface area contributed by atoms with Crippen LogP contribution in [0.1, 0.15) is 60.5 Å². The zero-order valence-corrected chi connectivity index (χ0v) is 17.5. The number of piperidine rings is 1. The summed E-state index contributed by atoms with van der Waals surface area (Å²) < 4.78 is 0. The fraction of sp³-hybridized carbons (Fsp3) is 0.391. The van der Waals surface area contributed by atoms with Gasteiger partial charge in [0.1, 0.15) is 0 Å². The Kier molecular flexibility index (Phi) is 7.18. The molecule has 1 heterocycles. The van der Waals surface area contributed by atoms with Gasteiger partial charge >= 0.3 is 0 Å². The topological polar surface area (TPSA) is 44.4 Å². The van der Waals surface area contributed by atoms with Gasteiger partial charge in [-0.25, -0.2) is 0 Å². The maximum absolute atomic E-state index is 12.4. The van der Waals surface area contributed by atoms with Crippen molar-refractivity contribution in [2.45, 2.75) is 45.6 Å². The Morgan fingerprint density at radius 3 is 2.25 bits per heavy atom. The van der Waals surface area contributed by atoms with Gasteiger partial charge in [0, 0.05) is 17.8 Å². The number of amides is 1. The summed E-state index contributed by atoms with van der Waals surface area (Å²) in [5, 5.41) is 6.14. The van der Waals surface area contributed by atoms with E-state index in [1.165, 1.54) is 43.5 Å². The Morgan fingerprint density at radius 2 is 1.64 bits per heavy atom. The number of carbonyl (C=O) groups is 1. The number of likely N-dealkylation sites (tertiary alicyclic amines) is 1.